The SMILES string of the molecule is CCNc1nc(N(C)CCC(F)(F)F)c(Cl)cc1Cl. The normalized spacial score (nSPS) is 11.5. The van der Waals surface area contributed by atoms with Gasteiger partial charge in [-0.2, -0.15) is 13.2 Å². The van der Waals surface area contributed by atoms with Gasteiger partial charge in [0, 0.05) is 20.1 Å². The molecule has 8 heteroatoms. The lowest BCUT2D eigenvalue weighted by atomic mass is 10.3. The molecule has 0 aliphatic heterocycles. The fourth-order valence-corrected chi connectivity index (χ4v) is 1.99. The Labute approximate surface area is 119 Å². The highest BCUT2D eigenvalue weighted by Crippen LogP contribution is 2.31. The number of halogens is 5. The standard InChI is InChI=1S/C11H14Cl2F3N3/c1-3-17-9-7(12)6-8(13)10(18-9)19(2)5-4-11(14,15)16/h6H,3-5H2,1-2H3,(H,17,18). The van der Waals surface area contributed by atoms with E-state index < -0.39 is 12.6 Å². The lowest BCUT2D eigenvalue weighted by Gasteiger charge is -2.21. The molecule has 0 aliphatic carbocycles. The van der Waals surface area contributed by atoms with Crippen molar-refractivity contribution >= 4 is 34.8 Å². The minimum Gasteiger partial charge on any atom is -0.369 e. The molecule has 1 rings (SSSR count). The van der Waals surface area contributed by atoms with Gasteiger partial charge in [0.1, 0.15) is 11.6 Å². The third-order valence-electron chi connectivity index (χ3n) is 2.35. The fraction of sp³-hybridized carbons (Fsp3) is 0.545. The van der Waals surface area contributed by atoms with Crippen LogP contribution in [0.2, 0.25) is 10.0 Å². The van der Waals surface area contributed by atoms with Crippen molar-refractivity contribution in [2.45, 2.75) is 19.5 Å². The third kappa shape index (κ3) is 4.95. The van der Waals surface area contributed by atoms with Gasteiger partial charge in [0.2, 0.25) is 0 Å². The summed E-state index contributed by atoms with van der Waals surface area (Å²) >= 11 is 11.9. The third-order valence-corrected chi connectivity index (χ3v) is 2.91. The van der Waals surface area contributed by atoms with Gasteiger partial charge in [-0.25, -0.2) is 4.98 Å². The van der Waals surface area contributed by atoms with E-state index in [0.717, 1.165) is 0 Å². The summed E-state index contributed by atoms with van der Waals surface area (Å²) in [5.41, 5.74) is 0. The highest BCUT2D eigenvalue weighted by molar-refractivity contribution is 6.37. The second kappa shape index (κ2) is 6.52. The van der Waals surface area contributed by atoms with Crippen molar-refractivity contribution in [2.24, 2.45) is 0 Å². The van der Waals surface area contributed by atoms with Crippen molar-refractivity contribution in [3.63, 3.8) is 0 Å². The minimum absolute atomic E-state index is 0.219. The van der Waals surface area contributed by atoms with Gasteiger partial charge in [-0.05, 0) is 13.0 Å². The molecule has 1 aromatic heterocycles. The highest BCUT2D eigenvalue weighted by Gasteiger charge is 2.27. The first-order chi connectivity index (χ1) is 8.74. The van der Waals surface area contributed by atoms with E-state index in [1.54, 1.807) is 0 Å². The quantitative estimate of drug-likeness (QED) is 0.882. The van der Waals surface area contributed by atoms with E-state index in [1.165, 1.54) is 18.0 Å². The molecule has 19 heavy (non-hydrogen) atoms. The summed E-state index contributed by atoms with van der Waals surface area (Å²) in [5.74, 6) is 0.675. The molecule has 0 fully saturated rings. The van der Waals surface area contributed by atoms with E-state index >= 15 is 0 Å². The van der Waals surface area contributed by atoms with E-state index in [1.807, 2.05) is 6.92 Å². The zero-order valence-electron chi connectivity index (χ0n) is 10.5. The van der Waals surface area contributed by atoms with Gasteiger partial charge in [-0.3, -0.25) is 0 Å². The van der Waals surface area contributed by atoms with Gasteiger partial charge in [0.15, 0.2) is 0 Å². The molecule has 0 spiro atoms. The number of nitrogens with zero attached hydrogens (tertiary/aromatic N) is 2. The molecule has 0 aliphatic rings. The molecule has 1 aromatic rings. The molecular formula is C11H14Cl2F3N3. The van der Waals surface area contributed by atoms with Gasteiger partial charge in [0.05, 0.1) is 16.5 Å². The van der Waals surface area contributed by atoms with Crippen LogP contribution in [0.25, 0.3) is 0 Å². The summed E-state index contributed by atoms with van der Waals surface area (Å²) in [6, 6.07) is 1.47. The van der Waals surface area contributed by atoms with Crippen molar-refractivity contribution in [1.29, 1.82) is 0 Å². The Morgan fingerprint density at radius 2 is 1.95 bits per heavy atom. The van der Waals surface area contributed by atoms with E-state index in [2.05, 4.69) is 10.3 Å². The van der Waals surface area contributed by atoms with Crippen LogP contribution >= 0.6 is 23.2 Å². The second-order valence-electron chi connectivity index (χ2n) is 3.94. The summed E-state index contributed by atoms with van der Waals surface area (Å²) in [5, 5.41) is 3.47. The first-order valence-corrected chi connectivity index (χ1v) is 6.38. The van der Waals surface area contributed by atoms with Crippen LogP contribution in [0.1, 0.15) is 13.3 Å². The first-order valence-electron chi connectivity index (χ1n) is 5.62. The first kappa shape index (κ1) is 16.2. The molecule has 0 saturated carbocycles. The number of pyridine rings is 1. The van der Waals surface area contributed by atoms with Crippen LogP contribution in [-0.2, 0) is 0 Å². The van der Waals surface area contributed by atoms with Crippen LogP contribution < -0.4 is 10.2 Å². The van der Waals surface area contributed by atoms with Crippen molar-refractivity contribution in [1.82, 2.24) is 4.98 Å². The Bertz CT molecular complexity index is 438. The average molecular weight is 316 g/mol. The van der Waals surface area contributed by atoms with Crippen LogP contribution in [-0.4, -0.2) is 31.3 Å². The van der Waals surface area contributed by atoms with Gasteiger partial charge in [-0.15, -0.1) is 0 Å². The van der Waals surface area contributed by atoms with Crippen LogP contribution in [0.4, 0.5) is 24.8 Å². The Morgan fingerprint density at radius 3 is 2.47 bits per heavy atom. The molecule has 0 unspecified atom stereocenters. The Morgan fingerprint density at radius 1 is 1.32 bits per heavy atom. The Balaban J connectivity index is 2.89. The Hall–Kier alpha value is -0.880. The zero-order valence-corrected chi connectivity index (χ0v) is 12.0. The molecule has 3 nitrogen and oxygen atoms in total. The summed E-state index contributed by atoms with van der Waals surface area (Å²) in [4.78, 5) is 5.50. The van der Waals surface area contributed by atoms with E-state index in [-0.39, 0.29) is 17.4 Å². The summed E-state index contributed by atoms with van der Waals surface area (Å²) in [7, 11) is 1.50. The van der Waals surface area contributed by atoms with E-state index in [9.17, 15) is 13.2 Å². The van der Waals surface area contributed by atoms with E-state index in [4.69, 9.17) is 23.2 Å². The second-order valence-corrected chi connectivity index (χ2v) is 4.76. The van der Waals surface area contributed by atoms with Crippen LogP contribution in [0, 0.1) is 0 Å². The number of anilines is 2. The van der Waals surface area contributed by atoms with Crippen molar-refractivity contribution in [2.75, 3.05) is 30.4 Å². The van der Waals surface area contributed by atoms with Crippen LogP contribution in [0.3, 0.4) is 0 Å². The molecule has 0 atom stereocenters. The molecule has 0 amide bonds. The molecule has 0 radical (unpaired) electrons. The maximum atomic E-state index is 12.2. The molecule has 108 valence electrons. The van der Waals surface area contributed by atoms with E-state index in [0.29, 0.717) is 17.4 Å². The number of hydrogen-bond donors (Lipinski definition) is 1. The molecule has 0 saturated heterocycles. The molecule has 0 aromatic carbocycles. The summed E-state index contributed by atoms with van der Waals surface area (Å²) < 4.78 is 36.5. The van der Waals surface area contributed by atoms with Gasteiger partial charge < -0.3 is 10.2 Å². The summed E-state index contributed by atoms with van der Waals surface area (Å²) in [6.45, 7) is 2.24. The lowest BCUT2D eigenvalue weighted by Crippen LogP contribution is -2.25. The molecular weight excluding hydrogens is 302 g/mol. The fourth-order valence-electron chi connectivity index (χ4n) is 1.42. The van der Waals surface area contributed by atoms with Crippen LogP contribution in [0.5, 0.6) is 0 Å². The highest BCUT2D eigenvalue weighted by atomic mass is 35.5. The molecule has 0 bridgehead atoms. The number of alkyl halides is 3. The maximum absolute atomic E-state index is 12.2. The molecule has 1 N–H and O–H groups in total. The van der Waals surface area contributed by atoms with Crippen molar-refractivity contribution in [3.05, 3.63) is 16.1 Å². The smallest absolute Gasteiger partial charge is 0.369 e. The number of nitrogens with one attached hydrogen (secondary N) is 1. The minimum atomic E-state index is -4.21. The molecule has 1 heterocycles. The number of hydrogen-bond acceptors (Lipinski definition) is 3. The predicted octanol–water partition coefficient (Wildman–Crippen LogP) is 4.21. The number of aromatic nitrogens is 1. The predicted molar refractivity (Wildman–Crippen MR) is 72.4 cm³/mol. The van der Waals surface area contributed by atoms with Gasteiger partial charge in [0.25, 0.3) is 0 Å². The lowest BCUT2D eigenvalue weighted by molar-refractivity contribution is -0.132. The average Bonchev–Trinajstić information content (AvgIpc) is 2.29. The largest absolute Gasteiger partial charge is 0.390 e. The van der Waals surface area contributed by atoms with Crippen LogP contribution in [0.15, 0.2) is 6.07 Å². The van der Waals surface area contributed by atoms with Crippen molar-refractivity contribution in [3.8, 4) is 0 Å². The Kier molecular flexibility index (Phi) is 5.55. The topological polar surface area (TPSA) is 28.2 Å². The number of rotatable bonds is 5. The van der Waals surface area contributed by atoms with Gasteiger partial charge >= 0.3 is 6.18 Å². The monoisotopic (exact) mass is 315 g/mol. The maximum Gasteiger partial charge on any atom is 0.390 e. The summed E-state index contributed by atoms with van der Waals surface area (Å²) in [6.07, 6.45) is -5.14. The van der Waals surface area contributed by atoms with Gasteiger partial charge in [-0.1, -0.05) is 23.2 Å². The zero-order chi connectivity index (χ0) is 14.6. The van der Waals surface area contributed by atoms with Crippen molar-refractivity contribution < 1.29 is 13.2 Å².